The van der Waals surface area contributed by atoms with Crippen molar-refractivity contribution in [2.75, 3.05) is 18.4 Å². The van der Waals surface area contributed by atoms with Gasteiger partial charge < -0.3 is 10.6 Å². The number of carbonyl (C=O) groups is 1. The molecule has 104 valence electrons. The van der Waals surface area contributed by atoms with Gasteiger partial charge in [0.1, 0.15) is 0 Å². The van der Waals surface area contributed by atoms with Gasteiger partial charge in [0.05, 0.1) is 0 Å². The van der Waals surface area contributed by atoms with Crippen LogP contribution in [0.3, 0.4) is 0 Å². The molecule has 1 saturated carbocycles. The summed E-state index contributed by atoms with van der Waals surface area (Å²) in [5.41, 5.74) is 0. The second-order valence-electron chi connectivity index (χ2n) is 5.56. The van der Waals surface area contributed by atoms with Crippen LogP contribution in [0, 0.1) is 5.92 Å². The number of anilines is 1. The van der Waals surface area contributed by atoms with Crippen molar-refractivity contribution in [3.8, 4) is 0 Å². The monoisotopic (exact) mass is 279 g/mol. The standard InChI is InChI=1S/C14H21N3OS/c18-13(11-3-1-2-4-11)17-14-16-9-12(19-14)10-5-7-15-8-6-10/h9-11,15H,1-8H2,(H,16,17,18). The van der Waals surface area contributed by atoms with Crippen LogP contribution in [0.5, 0.6) is 0 Å². The number of carbonyl (C=O) groups excluding carboxylic acids is 1. The summed E-state index contributed by atoms with van der Waals surface area (Å²) in [4.78, 5) is 17.7. The van der Waals surface area contributed by atoms with Crippen molar-refractivity contribution in [3.63, 3.8) is 0 Å². The third-order valence-corrected chi connectivity index (χ3v) is 5.30. The van der Waals surface area contributed by atoms with E-state index >= 15 is 0 Å². The molecule has 1 aromatic rings. The van der Waals surface area contributed by atoms with Crippen LogP contribution in [-0.4, -0.2) is 24.0 Å². The highest BCUT2D eigenvalue weighted by molar-refractivity contribution is 7.15. The first-order chi connectivity index (χ1) is 9.33. The Morgan fingerprint density at radius 3 is 2.74 bits per heavy atom. The van der Waals surface area contributed by atoms with E-state index in [9.17, 15) is 4.79 Å². The molecule has 1 aliphatic carbocycles. The molecular weight excluding hydrogens is 258 g/mol. The van der Waals surface area contributed by atoms with Crippen molar-refractivity contribution in [3.05, 3.63) is 11.1 Å². The zero-order valence-corrected chi connectivity index (χ0v) is 12.0. The first-order valence-corrected chi connectivity index (χ1v) is 8.12. The van der Waals surface area contributed by atoms with Crippen LogP contribution in [0.25, 0.3) is 0 Å². The number of rotatable bonds is 3. The highest BCUT2D eigenvalue weighted by Gasteiger charge is 2.24. The lowest BCUT2D eigenvalue weighted by Gasteiger charge is -2.20. The summed E-state index contributed by atoms with van der Waals surface area (Å²) in [7, 11) is 0. The first-order valence-electron chi connectivity index (χ1n) is 7.30. The Kier molecular flexibility index (Phi) is 4.13. The Hall–Kier alpha value is -0.940. The van der Waals surface area contributed by atoms with Gasteiger partial charge in [-0.25, -0.2) is 4.98 Å². The van der Waals surface area contributed by atoms with Crippen LogP contribution < -0.4 is 10.6 Å². The SMILES string of the molecule is O=C(Nc1ncc(C2CCNCC2)s1)C1CCCC1. The number of piperidine rings is 1. The summed E-state index contributed by atoms with van der Waals surface area (Å²) in [5.74, 6) is 1.01. The summed E-state index contributed by atoms with van der Waals surface area (Å²) < 4.78 is 0. The molecule has 0 bridgehead atoms. The van der Waals surface area contributed by atoms with Gasteiger partial charge in [-0.3, -0.25) is 4.79 Å². The minimum atomic E-state index is 0.170. The Labute approximate surface area is 118 Å². The Morgan fingerprint density at radius 2 is 2.00 bits per heavy atom. The maximum atomic E-state index is 12.0. The molecule has 2 fully saturated rings. The molecule has 0 aromatic carbocycles. The fourth-order valence-corrected chi connectivity index (χ4v) is 4.02. The van der Waals surface area contributed by atoms with E-state index in [4.69, 9.17) is 0 Å². The molecule has 2 N–H and O–H groups in total. The maximum absolute atomic E-state index is 12.0. The summed E-state index contributed by atoms with van der Waals surface area (Å²) in [6.45, 7) is 2.18. The van der Waals surface area contributed by atoms with Crippen LogP contribution in [0.15, 0.2) is 6.20 Å². The number of hydrogen-bond donors (Lipinski definition) is 2. The number of nitrogens with zero attached hydrogens (tertiary/aromatic N) is 1. The van der Waals surface area contributed by atoms with Crippen LogP contribution in [0.1, 0.15) is 49.3 Å². The van der Waals surface area contributed by atoms with Gasteiger partial charge in [-0.15, -0.1) is 11.3 Å². The molecule has 5 heteroatoms. The first kappa shape index (κ1) is 13.1. The van der Waals surface area contributed by atoms with Gasteiger partial charge in [0.15, 0.2) is 5.13 Å². The molecule has 2 heterocycles. The Balaban J connectivity index is 1.59. The van der Waals surface area contributed by atoms with E-state index in [1.165, 1.54) is 30.6 Å². The Bertz CT molecular complexity index is 434. The summed E-state index contributed by atoms with van der Waals surface area (Å²) in [6, 6.07) is 0. The minimum Gasteiger partial charge on any atom is -0.317 e. The van der Waals surface area contributed by atoms with Crippen LogP contribution in [0.4, 0.5) is 5.13 Å². The molecule has 0 unspecified atom stereocenters. The van der Waals surface area contributed by atoms with Gasteiger partial charge in [0.25, 0.3) is 0 Å². The molecule has 1 saturated heterocycles. The van der Waals surface area contributed by atoms with E-state index in [1.54, 1.807) is 11.3 Å². The van der Waals surface area contributed by atoms with Crippen molar-refractivity contribution >= 4 is 22.4 Å². The van der Waals surface area contributed by atoms with E-state index in [1.807, 2.05) is 6.20 Å². The quantitative estimate of drug-likeness (QED) is 0.894. The molecule has 19 heavy (non-hydrogen) atoms. The molecule has 0 spiro atoms. The fourth-order valence-electron chi connectivity index (χ4n) is 3.04. The Morgan fingerprint density at radius 1 is 1.26 bits per heavy atom. The largest absolute Gasteiger partial charge is 0.317 e. The average Bonchev–Trinajstić information content (AvgIpc) is 3.11. The number of amides is 1. The van der Waals surface area contributed by atoms with Crippen molar-refractivity contribution in [1.29, 1.82) is 0 Å². The lowest BCUT2D eigenvalue weighted by atomic mass is 9.97. The van der Waals surface area contributed by atoms with Crippen LogP contribution >= 0.6 is 11.3 Å². The number of hydrogen-bond acceptors (Lipinski definition) is 4. The van der Waals surface area contributed by atoms with Gasteiger partial charge in [-0.2, -0.15) is 0 Å². The van der Waals surface area contributed by atoms with E-state index in [0.717, 1.165) is 31.1 Å². The molecule has 4 nitrogen and oxygen atoms in total. The number of nitrogens with one attached hydrogen (secondary N) is 2. The average molecular weight is 279 g/mol. The second kappa shape index (κ2) is 6.01. The zero-order valence-electron chi connectivity index (χ0n) is 11.2. The molecule has 1 aliphatic heterocycles. The van der Waals surface area contributed by atoms with Crippen molar-refractivity contribution < 1.29 is 4.79 Å². The zero-order chi connectivity index (χ0) is 13.1. The molecule has 1 amide bonds. The third kappa shape index (κ3) is 3.15. The van der Waals surface area contributed by atoms with E-state index in [0.29, 0.717) is 5.92 Å². The van der Waals surface area contributed by atoms with Gasteiger partial charge in [-0.05, 0) is 44.7 Å². The topological polar surface area (TPSA) is 54.0 Å². The van der Waals surface area contributed by atoms with Gasteiger partial charge >= 0.3 is 0 Å². The van der Waals surface area contributed by atoms with Crippen LogP contribution in [0.2, 0.25) is 0 Å². The van der Waals surface area contributed by atoms with Crippen molar-refractivity contribution in [2.24, 2.45) is 5.92 Å². The summed E-state index contributed by atoms with van der Waals surface area (Å²) >= 11 is 1.66. The smallest absolute Gasteiger partial charge is 0.229 e. The molecule has 0 atom stereocenters. The highest BCUT2D eigenvalue weighted by atomic mass is 32.1. The second-order valence-corrected chi connectivity index (χ2v) is 6.62. The summed E-state index contributed by atoms with van der Waals surface area (Å²) in [6.07, 6.45) is 8.77. The van der Waals surface area contributed by atoms with Crippen molar-refractivity contribution in [1.82, 2.24) is 10.3 Å². The molecule has 3 rings (SSSR count). The van der Waals surface area contributed by atoms with Crippen LogP contribution in [-0.2, 0) is 4.79 Å². The van der Waals surface area contributed by atoms with Gasteiger partial charge in [-0.1, -0.05) is 12.8 Å². The van der Waals surface area contributed by atoms with Gasteiger partial charge in [0, 0.05) is 17.0 Å². The molecule has 0 radical (unpaired) electrons. The number of aromatic nitrogens is 1. The number of thiazole rings is 1. The third-order valence-electron chi connectivity index (χ3n) is 4.22. The lowest BCUT2D eigenvalue weighted by Crippen LogP contribution is -2.26. The maximum Gasteiger partial charge on any atom is 0.229 e. The molecular formula is C14H21N3OS. The lowest BCUT2D eigenvalue weighted by molar-refractivity contribution is -0.119. The normalized spacial score (nSPS) is 21.7. The van der Waals surface area contributed by atoms with E-state index < -0.39 is 0 Å². The fraction of sp³-hybridized carbons (Fsp3) is 0.714. The highest BCUT2D eigenvalue weighted by Crippen LogP contribution is 2.32. The van der Waals surface area contributed by atoms with E-state index in [-0.39, 0.29) is 11.8 Å². The van der Waals surface area contributed by atoms with E-state index in [2.05, 4.69) is 15.6 Å². The molecule has 2 aliphatic rings. The van der Waals surface area contributed by atoms with Crippen molar-refractivity contribution in [2.45, 2.75) is 44.4 Å². The minimum absolute atomic E-state index is 0.170. The predicted octanol–water partition coefficient (Wildman–Crippen LogP) is 2.74. The summed E-state index contributed by atoms with van der Waals surface area (Å²) in [5, 5.41) is 7.15. The molecule has 1 aromatic heterocycles. The predicted molar refractivity (Wildman–Crippen MR) is 77.5 cm³/mol. The van der Waals surface area contributed by atoms with Gasteiger partial charge in [0.2, 0.25) is 5.91 Å².